The van der Waals surface area contributed by atoms with Crippen LogP contribution in [-0.2, 0) is 6.54 Å². The van der Waals surface area contributed by atoms with E-state index >= 15 is 0 Å². The molecular weight excluding hydrogens is 332 g/mol. The zero-order valence-electron chi connectivity index (χ0n) is 13.0. The first-order valence-electron chi connectivity index (χ1n) is 7.38. The van der Waals surface area contributed by atoms with E-state index in [1.807, 2.05) is 36.9 Å². The van der Waals surface area contributed by atoms with Crippen molar-refractivity contribution >= 4 is 33.2 Å². The van der Waals surface area contributed by atoms with Crippen LogP contribution in [0.2, 0.25) is 5.02 Å². The van der Waals surface area contributed by atoms with Crippen molar-refractivity contribution in [3.63, 3.8) is 0 Å². The average molecular weight is 349 g/mol. The predicted octanol–water partition coefficient (Wildman–Crippen LogP) is 2.75. The third-order valence-corrected chi connectivity index (χ3v) is 5.14. The molecule has 2 aliphatic rings. The number of fused-ring (bicyclic) bond motifs is 1. The number of halogens is 1. The van der Waals surface area contributed by atoms with Gasteiger partial charge in [-0.05, 0) is 57.4 Å². The fourth-order valence-electron chi connectivity index (χ4n) is 2.68. The Morgan fingerprint density at radius 3 is 2.61 bits per heavy atom. The lowest BCUT2D eigenvalue weighted by atomic mass is 10.3. The van der Waals surface area contributed by atoms with E-state index in [2.05, 4.69) is 4.90 Å². The monoisotopic (exact) mass is 348 g/mol. The van der Waals surface area contributed by atoms with Gasteiger partial charge in [0.2, 0.25) is 5.43 Å². The van der Waals surface area contributed by atoms with Gasteiger partial charge in [0.1, 0.15) is 9.88 Å². The minimum atomic E-state index is -0.123. The highest BCUT2D eigenvalue weighted by Crippen LogP contribution is 2.23. The second-order valence-corrected chi connectivity index (χ2v) is 7.25. The van der Waals surface area contributed by atoms with Crippen molar-refractivity contribution < 1.29 is 0 Å². The summed E-state index contributed by atoms with van der Waals surface area (Å²) in [5, 5.41) is 1.10. The van der Waals surface area contributed by atoms with Crippen LogP contribution in [0.1, 0.15) is 6.42 Å². The molecule has 1 aromatic rings. The maximum Gasteiger partial charge on any atom is 0.203 e. The van der Waals surface area contributed by atoms with Gasteiger partial charge in [0.25, 0.3) is 0 Å². The van der Waals surface area contributed by atoms with Crippen LogP contribution < -0.4 is 10.9 Å². The highest BCUT2D eigenvalue weighted by atomic mass is 35.5. The summed E-state index contributed by atoms with van der Waals surface area (Å²) in [4.78, 5) is 26.7. The first-order chi connectivity index (χ1) is 11.0. The number of nitrogens with zero attached hydrogens (tertiary/aromatic N) is 2. The van der Waals surface area contributed by atoms with Gasteiger partial charge < -0.3 is 9.47 Å². The quantitative estimate of drug-likeness (QED) is 0.728. The molecule has 0 amide bonds. The van der Waals surface area contributed by atoms with Crippen LogP contribution >= 0.6 is 22.9 Å². The van der Waals surface area contributed by atoms with Crippen LogP contribution in [0.4, 0.5) is 0 Å². The summed E-state index contributed by atoms with van der Waals surface area (Å²) in [5.41, 5.74) is 0.668. The van der Waals surface area contributed by atoms with Gasteiger partial charge in [-0.1, -0.05) is 11.6 Å². The third-order valence-electron chi connectivity index (χ3n) is 3.74. The van der Waals surface area contributed by atoms with Crippen molar-refractivity contribution in [1.82, 2.24) is 9.47 Å². The molecule has 1 aliphatic carbocycles. The Balaban J connectivity index is 2.37. The summed E-state index contributed by atoms with van der Waals surface area (Å²) < 4.78 is 3.41. The zero-order chi connectivity index (χ0) is 16.6. The minimum absolute atomic E-state index is 0.109. The lowest BCUT2D eigenvalue weighted by Gasteiger charge is -2.15. The van der Waals surface area contributed by atoms with Gasteiger partial charge in [-0.2, -0.15) is 0 Å². The molecule has 1 aliphatic heterocycles. The van der Waals surface area contributed by atoms with Gasteiger partial charge in [-0.25, -0.2) is 0 Å². The van der Waals surface area contributed by atoms with E-state index in [0.717, 1.165) is 23.2 Å². The lowest BCUT2D eigenvalue weighted by Crippen LogP contribution is -2.20. The molecule has 0 unspecified atom stereocenters. The number of benzene rings is 1. The van der Waals surface area contributed by atoms with E-state index in [1.165, 1.54) is 23.5 Å². The van der Waals surface area contributed by atoms with Crippen LogP contribution in [0.5, 0.6) is 0 Å². The highest BCUT2D eigenvalue weighted by Gasteiger charge is 2.09. The summed E-state index contributed by atoms with van der Waals surface area (Å²) >= 11 is 7.49. The molecule has 23 heavy (non-hydrogen) atoms. The van der Waals surface area contributed by atoms with Crippen LogP contribution in [-0.4, -0.2) is 30.1 Å². The van der Waals surface area contributed by atoms with Gasteiger partial charge in [0.15, 0.2) is 5.43 Å². The van der Waals surface area contributed by atoms with E-state index < -0.39 is 0 Å². The first-order valence-corrected chi connectivity index (χ1v) is 8.57. The smallest absolute Gasteiger partial charge is 0.203 e. The van der Waals surface area contributed by atoms with Crippen molar-refractivity contribution in [3.05, 3.63) is 65.7 Å². The third kappa shape index (κ3) is 3.17. The Hall–Kier alpha value is -1.69. The van der Waals surface area contributed by atoms with Crippen molar-refractivity contribution in [2.75, 3.05) is 20.6 Å². The molecule has 0 radical (unpaired) electrons. The fraction of sp³-hybridized carbons (Fsp3) is 0.294. The molecule has 0 aromatic heterocycles. The second-order valence-electron chi connectivity index (χ2n) is 5.76. The van der Waals surface area contributed by atoms with Crippen molar-refractivity contribution in [1.29, 1.82) is 0 Å². The summed E-state index contributed by atoms with van der Waals surface area (Å²) in [5.74, 6) is 0. The normalized spacial score (nSPS) is 11.7. The Morgan fingerprint density at radius 2 is 1.87 bits per heavy atom. The molecule has 1 heterocycles. The van der Waals surface area contributed by atoms with Crippen LogP contribution in [0, 0.1) is 9.88 Å². The standard InChI is InChI=1S/C17H17ClN2O2S/c1-19(2)8-3-9-20-12-10-11(18)4-7-15(12)23-17-14(22)6-5-13(21)16(17)20/h4-7,10H,3,8-9H2,1-2H3. The van der Waals surface area contributed by atoms with Gasteiger partial charge >= 0.3 is 0 Å². The molecule has 0 N–H and O–H groups in total. The summed E-state index contributed by atoms with van der Waals surface area (Å²) in [6, 6.07) is 8.28. The highest BCUT2D eigenvalue weighted by molar-refractivity contribution is 7.16. The molecule has 3 rings (SSSR count). The molecule has 0 bridgehead atoms. The first kappa shape index (κ1) is 16.2. The molecule has 6 heteroatoms. The lowest BCUT2D eigenvalue weighted by molar-refractivity contribution is 0.387. The number of aryl methyl sites for hydroxylation is 1. The van der Waals surface area contributed by atoms with E-state index in [9.17, 15) is 9.59 Å². The van der Waals surface area contributed by atoms with Gasteiger partial charge in [0, 0.05) is 11.6 Å². The summed E-state index contributed by atoms with van der Waals surface area (Å²) in [6.07, 6.45) is 0.881. The SMILES string of the molecule is CN(C)CCCn1c2c(=O)ccc(=O)c=2sc2ccc(Cl)cc21. The Kier molecular flexibility index (Phi) is 4.53. The molecule has 120 valence electrons. The maximum atomic E-state index is 12.4. The molecule has 1 aromatic carbocycles. The predicted molar refractivity (Wildman–Crippen MR) is 95.8 cm³/mol. The summed E-state index contributed by atoms with van der Waals surface area (Å²) in [6.45, 7) is 1.57. The fourth-order valence-corrected chi connectivity index (χ4v) is 3.96. The maximum absolute atomic E-state index is 12.4. The Bertz CT molecular complexity index is 1040. The van der Waals surface area contributed by atoms with E-state index in [-0.39, 0.29) is 10.9 Å². The van der Waals surface area contributed by atoms with Gasteiger partial charge in [-0.15, -0.1) is 11.3 Å². The number of hydrogen-bond donors (Lipinski definition) is 0. The van der Waals surface area contributed by atoms with Crippen molar-refractivity contribution in [2.45, 2.75) is 13.0 Å². The Morgan fingerprint density at radius 1 is 1.13 bits per heavy atom. The van der Waals surface area contributed by atoms with E-state index in [0.29, 0.717) is 21.4 Å². The van der Waals surface area contributed by atoms with E-state index in [4.69, 9.17) is 11.6 Å². The largest absolute Gasteiger partial charge is 0.336 e. The number of hydrogen-bond acceptors (Lipinski definition) is 4. The summed E-state index contributed by atoms with van der Waals surface area (Å²) in [7, 11) is 4.03. The number of aromatic nitrogens is 1. The van der Waals surface area contributed by atoms with Crippen molar-refractivity contribution in [2.24, 2.45) is 0 Å². The van der Waals surface area contributed by atoms with Crippen molar-refractivity contribution in [3.8, 4) is 0 Å². The minimum Gasteiger partial charge on any atom is -0.336 e. The van der Waals surface area contributed by atoms with Gasteiger partial charge in [0.05, 0.1) is 10.2 Å². The molecule has 0 spiro atoms. The van der Waals surface area contributed by atoms with Crippen LogP contribution in [0.3, 0.4) is 0 Å². The molecular formula is C17H17ClN2O2S. The number of rotatable bonds is 4. The molecule has 0 atom stereocenters. The second kappa shape index (κ2) is 6.43. The van der Waals surface area contributed by atoms with Crippen LogP contribution in [0.15, 0.2) is 39.9 Å². The van der Waals surface area contributed by atoms with Gasteiger partial charge in [-0.3, -0.25) is 9.59 Å². The average Bonchev–Trinajstić information content (AvgIpc) is 2.50. The molecule has 0 saturated heterocycles. The molecule has 4 nitrogen and oxygen atoms in total. The zero-order valence-corrected chi connectivity index (χ0v) is 14.6. The van der Waals surface area contributed by atoms with E-state index in [1.54, 1.807) is 0 Å². The topological polar surface area (TPSA) is 42.3 Å². The van der Waals surface area contributed by atoms with Crippen LogP contribution in [0.25, 0.3) is 10.2 Å². The Labute approximate surface area is 142 Å². The molecule has 0 fully saturated rings. The molecule has 0 saturated carbocycles.